The standard InChI is InChI=1S/C27H40N2O3Si/c1-18-14-23(30-6)15-19(2)26(18)28-22(5)25(12-11-13-32-33(8,9)10)29-27-20(3)16-24(31-7)17-21(27)4/h14-17H,11-13H2,1-10H3. The third kappa shape index (κ3) is 7.83. The van der Waals surface area contributed by atoms with Gasteiger partial charge in [0, 0.05) is 6.61 Å². The van der Waals surface area contributed by atoms with E-state index in [1.54, 1.807) is 14.2 Å². The molecule has 0 aliphatic carbocycles. The molecule has 0 atom stereocenters. The highest BCUT2D eigenvalue weighted by molar-refractivity contribution is 6.69. The molecule has 0 heterocycles. The number of nitrogens with zero attached hydrogens (tertiary/aromatic N) is 2. The van der Waals surface area contributed by atoms with Crippen molar-refractivity contribution in [3.8, 4) is 11.5 Å². The van der Waals surface area contributed by atoms with Crippen molar-refractivity contribution in [2.24, 2.45) is 9.98 Å². The number of methoxy groups -OCH3 is 2. The highest BCUT2D eigenvalue weighted by atomic mass is 28.4. The van der Waals surface area contributed by atoms with Crippen LogP contribution in [-0.4, -0.2) is 40.6 Å². The first-order chi connectivity index (χ1) is 15.4. The smallest absolute Gasteiger partial charge is 0.183 e. The molecule has 5 nitrogen and oxygen atoms in total. The summed E-state index contributed by atoms with van der Waals surface area (Å²) >= 11 is 0. The van der Waals surface area contributed by atoms with Crippen molar-refractivity contribution < 1.29 is 13.9 Å². The average molecular weight is 469 g/mol. The molecule has 2 aromatic rings. The van der Waals surface area contributed by atoms with Crippen molar-refractivity contribution >= 4 is 31.1 Å². The fraction of sp³-hybridized carbons (Fsp3) is 0.481. The number of hydrogen-bond acceptors (Lipinski definition) is 5. The third-order valence-corrected chi connectivity index (χ3v) is 6.51. The van der Waals surface area contributed by atoms with Gasteiger partial charge in [-0.1, -0.05) is 0 Å². The Hall–Kier alpha value is -2.44. The van der Waals surface area contributed by atoms with Gasteiger partial charge in [-0.3, -0.25) is 9.98 Å². The first-order valence-corrected chi connectivity index (χ1v) is 14.9. The zero-order valence-corrected chi connectivity index (χ0v) is 23.0. The highest BCUT2D eigenvalue weighted by Gasteiger charge is 2.15. The summed E-state index contributed by atoms with van der Waals surface area (Å²) in [5, 5.41) is 0. The van der Waals surface area contributed by atoms with E-state index < -0.39 is 8.32 Å². The van der Waals surface area contributed by atoms with Gasteiger partial charge in [0.1, 0.15) is 11.5 Å². The molecule has 0 aliphatic heterocycles. The van der Waals surface area contributed by atoms with Crippen LogP contribution in [-0.2, 0) is 4.43 Å². The van der Waals surface area contributed by atoms with Crippen LogP contribution in [0.1, 0.15) is 42.0 Å². The van der Waals surface area contributed by atoms with E-state index in [1.807, 2.05) is 24.3 Å². The lowest BCUT2D eigenvalue weighted by atomic mass is 10.1. The van der Waals surface area contributed by atoms with E-state index in [-0.39, 0.29) is 0 Å². The van der Waals surface area contributed by atoms with Crippen LogP contribution in [0.25, 0.3) is 0 Å². The van der Waals surface area contributed by atoms with E-state index in [4.69, 9.17) is 23.9 Å². The second-order valence-electron chi connectivity index (χ2n) is 9.54. The van der Waals surface area contributed by atoms with E-state index in [0.717, 1.165) is 76.0 Å². The Kier molecular flexibility index (Phi) is 9.43. The summed E-state index contributed by atoms with van der Waals surface area (Å²) in [7, 11) is 1.84. The molecule has 180 valence electrons. The summed E-state index contributed by atoms with van der Waals surface area (Å²) in [4.78, 5) is 10.1. The van der Waals surface area contributed by atoms with Crippen molar-refractivity contribution in [2.45, 2.75) is 67.1 Å². The summed E-state index contributed by atoms with van der Waals surface area (Å²) in [6.45, 7) is 17.7. The second kappa shape index (κ2) is 11.6. The number of aliphatic imine (C=N–C) groups is 2. The minimum atomic E-state index is -1.54. The molecule has 0 radical (unpaired) electrons. The monoisotopic (exact) mass is 468 g/mol. The van der Waals surface area contributed by atoms with Gasteiger partial charge in [0.15, 0.2) is 8.32 Å². The third-order valence-electron chi connectivity index (χ3n) is 5.44. The largest absolute Gasteiger partial charge is 0.497 e. The van der Waals surface area contributed by atoms with Crippen LogP contribution in [0.15, 0.2) is 34.3 Å². The van der Waals surface area contributed by atoms with E-state index in [1.165, 1.54) is 0 Å². The first kappa shape index (κ1) is 26.8. The van der Waals surface area contributed by atoms with Crippen molar-refractivity contribution in [1.82, 2.24) is 0 Å². The Morgan fingerprint density at radius 2 is 1.18 bits per heavy atom. The SMILES string of the molecule is COc1cc(C)c(N=C(C)C(CCCO[Si](C)(C)C)=Nc2c(C)cc(OC)cc2C)c(C)c1. The summed E-state index contributed by atoms with van der Waals surface area (Å²) in [5.74, 6) is 1.70. The Morgan fingerprint density at radius 1 is 0.758 bits per heavy atom. The molecule has 2 rings (SSSR count). The molecule has 0 aromatic heterocycles. The first-order valence-electron chi connectivity index (χ1n) is 11.5. The zero-order valence-electron chi connectivity index (χ0n) is 22.0. The van der Waals surface area contributed by atoms with Crippen LogP contribution in [0, 0.1) is 27.7 Å². The lowest BCUT2D eigenvalue weighted by Crippen LogP contribution is -2.26. The fourth-order valence-corrected chi connectivity index (χ4v) is 4.48. The van der Waals surface area contributed by atoms with Crippen LogP contribution in [0.4, 0.5) is 11.4 Å². The molecule has 0 bridgehead atoms. The molecule has 2 aromatic carbocycles. The molecule has 0 aliphatic rings. The maximum atomic E-state index is 6.08. The maximum absolute atomic E-state index is 6.08. The lowest BCUT2D eigenvalue weighted by Gasteiger charge is -2.17. The van der Waals surface area contributed by atoms with E-state index >= 15 is 0 Å². The molecule has 0 amide bonds. The lowest BCUT2D eigenvalue weighted by molar-refractivity contribution is 0.307. The quantitative estimate of drug-likeness (QED) is 0.207. The van der Waals surface area contributed by atoms with Crippen molar-refractivity contribution in [1.29, 1.82) is 0 Å². The predicted molar refractivity (Wildman–Crippen MR) is 143 cm³/mol. The summed E-state index contributed by atoms with van der Waals surface area (Å²) < 4.78 is 16.9. The van der Waals surface area contributed by atoms with Gasteiger partial charge >= 0.3 is 0 Å². The topological polar surface area (TPSA) is 52.4 Å². The van der Waals surface area contributed by atoms with Gasteiger partial charge in [0.05, 0.1) is 37.0 Å². The minimum absolute atomic E-state index is 0.739. The van der Waals surface area contributed by atoms with Gasteiger partial charge in [-0.15, -0.1) is 0 Å². The van der Waals surface area contributed by atoms with Gasteiger partial charge in [-0.25, -0.2) is 0 Å². The molecule has 0 unspecified atom stereocenters. The average Bonchev–Trinajstić information content (AvgIpc) is 2.73. The molecular weight excluding hydrogens is 428 g/mol. The van der Waals surface area contributed by atoms with Crippen molar-refractivity contribution in [3.05, 3.63) is 46.5 Å². The Labute approximate surface area is 201 Å². The van der Waals surface area contributed by atoms with Gasteiger partial charge in [-0.05, 0) is 114 Å². The van der Waals surface area contributed by atoms with Gasteiger partial charge in [-0.2, -0.15) is 0 Å². The Balaban J connectivity index is 2.47. The van der Waals surface area contributed by atoms with E-state index in [0.29, 0.717) is 0 Å². The minimum Gasteiger partial charge on any atom is -0.497 e. The molecule has 33 heavy (non-hydrogen) atoms. The van der Waals surface area contributed by atoms with E-state index in [9.17, 15) is 0 Å². The summed E-state index contributed by atoms with van der Waals surface area (Å²) in [5.41, 5.74) is 8.22. The van der Waals surface area contributed by atoms with Crippen LogP contribution < -0.4 is 9.47 Å². The van der Waals surface area contributed by atoms with Gasteiger partial charge in [0.2, 0.25) is 0 Å². The fourth-order valence-electron chi connectivity index (χ4n) is 3.72. The zero-order chi connectivity index (χ0) is 24.8. The van der Waals surface area contributed by atoms with E-state index in [2.05, 4.69) is 54.3 Å². The molecule has 0 spiro atoms. The number of aryl methyl sites for hydroxylation is 4. The molecule has 0 saturated carbocycles. The van der Waals surface area contributed by atoms with Crippen LogP contribution >= 0.6 is 0 Å². The Bertz CT molecular complexity index is 990. The van der Waals surface area contributed by atoms with Crippen molar-refractivity contribution in [2.75, 3.05) is 20.8 Å². The molecule has 0 fully saturated rings. The number of rotatable bonds is 10. The summed E-state index contributed by atoms with van der Waals surface area (Å²) in [6.07, 6.45) is 1.71. The molecule has 6 heteroatoms. The Morgan fingerprint density at radius 3 is 1.58 bits per heavy atom. The molecule has 0 saturated heterocycles. The van der Waals surface area contributed by atoms with Crippen LogP contribution in [0.3, 0.4) is 0 Å². The second-order valence-corrected chi connectivity index (χ2v) is 14.1. The van der Waals surface area contributed by atoms with Gasteiger partial charge in [0.25, 0.3) is 0 Å². The summed E-state index contributed by atoms with van der Waals surface area (Å²) in [6, 6.07) is 8.11. The van der Waals surface area contributed by atoms with Crippen LogP contribution in [0.5, 0.6) is 11.5 Å². The normalized spacial score (nSPS) is 12.8. The van der Waals surface area contributed by atoms with Gasteiger partial charge < -0.3 is 13.9 Å². The molecular formula is C27H40N2O3Si. The number of ether oxygens (including phenoxy) is 2. The number of benzene rings is 2. The highest BCUT2D eigenvalue weighted by Crippen LogP contribution is 2.31. The van der Waals surface area contributed by atoms with Crippen molar-refractivity contribution in [3.63, 3.8) is 0 Å². The number of hydrogen-bond donors (Lipinski definition) is 0. The maximum Gasteiger partial charge on any atom is 0.183 e. The molecule has 0 N–H and O–H groups in total. The van der Waals surface area contributed by atoms with Crippen LogP contribution in [0.2, 0.25) is 19.6 Å². The predicted octanol–water partition coefficient (Wildman–Crippen LogP) is 7.43.